The molecule has 1 saturated heterocycles. The Balaban J connectivity index is 1.43. The number of carbonyl (C=O) groups is 2. The number of anilines is 1. The van der Waals surface area contributed by atoms with Crippen molar-refractivity contribution in [2.45, 2.75) is 37.3 Å². The minimum absolute atomic E-state index is 0.00452. The molecule has 7 nitrogen and oxygen atoms in total. The van der Waals surface area contributed by atoms with Crippen LogP contribution < -0.4 is 10.1 Å². The fourth-order valence-corrected chi connectivity index (χ4v) is 5.23. The summed E-state index contributed by atoms with van der Waals surface area (Å²) in [7, 11) is -4.13. The van der Waals surface area contributed by atoms with E-state index in [0.717, 1.165) is 11.1 Å². The predicted octanol–water partition coefficient (Wildman–Crippen LogP) is 3.89. The Hall–Kier alpha value is -3.65. The topological polar surface area (TPSA) is 92.8 Å². The lowest BCUT2D eigenvalue weighted by atomic mass is 10.2. The number of hydrogen-bond donors (Lipinski definition) is 1. The Morgan fingerprint density at radius 1 is 1.00 bits per heavy atom. The van der Waals surface area contributed by atoms with E-state index >= 15 is 0 Å². The third-order valence-electron chi connectivity index (χ3n) is 5.41. The third kappa shape index (κ3) is 5.06. The molecule has 0 radical (unpaired) electrons. The first-order valence-corrected chi connectivity index (χ1v) is 12.0. The van der Waals surface area contributed by atoms with Crippen LogP contribution in [-0.4, -0.2) is 30.6 Å². The van der Waals surface area contributed by atoms with E-state index in [1.165, 1.54) is 12.1 Å². The molecule has 1 N–H and O–H groups in total. The normalized spacial score (nSPS) is 16.0. The number of ether oxygens (including phenoxy) is 1. The molecule has 170 valence electrons. The highest BCUT2D eigenvalue weighted by atomic mass is 32.2. The second-order valence-electron chi connectivity index (χ2n) is 7.85. The SMILES string of the molecule is Cc1ccc(S(=O)(=O)N2C(=O)CC[C@H]2C(=O)Nc2ccc(OCc3ccccc3)cc2)cc1. The van der Waals surface area contributed by atoms with Crippen LogP contribution in [0, 0.1) is 6.92 Å². The van der Waals surface area contributed by atoms with Gasteiger partial charge in [-0.05, 0) is 55.3 Å². The predicted molar refractivity (Wildman–Crippen MR) is 124 cm³/mol. The van der Waals surface area contributed by atoms with Crippen LogP contribution in [-0.2, 0) is 26.2 Å². The van der Waals surface area contributed by atoms with Crippen molar-refractivity contribution in [2.24, 2.45) is 0 Å². The molecule has 8 heteroatoms. The van der Waals surface area contributed by atoms with Crippen LogP contribution in [0.2, 0.25) is 0 Å². The van der Waals surface area contributed by atoms with Gasteiger partial charge in [0.25, 0.3) is 10.0 Å². The van der Waals surface area contributed by atoms with E-state index in [1.54, 1.807) is 36.4 Å². The second kappa shape index (κ2) is 9.46. The molecular weight excluding hydrogens is 440 g/mol. The number of benzene rings is 3. The summed E-state index contributed by atoms with van der Waals surface area (Å²) in [5.74, 6) is -0.494. The maximum atomic E-state index is 13.1. The standard InChI is InChI=1S/C25H24N2O5S/c1-18-7-13-22(14-8-18)33(30,31)27-23(15-16-24(27)28)25(29)26-20-9-11-21(12-10-20)32-17-19-5-3-2-4-6-19/h2-14,23H,15-17H2,1H3,(H,26,29)/t23-/m0/s1. The van der Waals surface area contributed by atoms with Crippen LogP contribution in [0.5, 0.6) is 5.75 Å². The summed E-state index contributed by atoms with van der Waals surface area (Å²) in [6, 6.07) is 21.6. The summed E-state index contributed by atoms with van der Waals surface area (Å²) in [6.07, 6.45) is 0.128. The van der Waals surface area contributed by atoms with Crippen molar-refractivity contribution in [1.29, 1.82) is 0 Å². The van der Waals surface area contributed by atoms with Crippen molar-refractivity contribution >= 4 is 27.5 Å². The van der Waals surface area contributed by atoms with Gasteiger partial charge in [0.2, 0.25) is 11.8 Å². The number of nitrogens with zero attached hydrogens (tertiary/aromatic N) is 1. The van der Waals surface area contributed by atoms with Crippen LogP contribution in [0.4, 0.5) is 5.69 Å². The van der Waals surface area contributed by atoms with Crippen LogP contribution in [0.3, 0.4) is 0 Å². The number of nitrogens with one attached hydrogen (secondary N) is 1. The number of sulfonamides is 1. The zero-order valence-electron chi connectivity index (χ0n) is 18.1. The average Bonchev–Trinajstić information content (AvgIpc) is 3.22. The first-order chi connectivity index (χ1) is 15.8. The molecule has 0 aromatic heterocycles. The van der Waals surface area contributed by atoms with Crippen molar-refractivity contribution in [3.8, 4) is 5.75 Å². The molecule has 0 spiro atoms. The van der Waals surface area contributed by atoms with Crippen molar-refractivity contribution in [2.75, 3.05) is 5.32 Å². The Labute approximate surface area is 193 Å². The molecule has 0 unspecified atom stereocenters. The van der Waals surface area contributed by atoms with Crippen LogP contribution in [0.25, 0.3) is 0 Å². The molecule has 1 aliphatic rings. The van der Waals surface area contributed by atoms with Crippen molar-refractivity contribution in [3.63, 3.8) is 0 Å². The Morgan fingerprint density at radius 2 is 1.67 bits per heavy atom. The molecule has 1 atom stereocenters. The lowest BCUT2D eigenvalue weighted by Gasteiger charge is -2.23. The van der Waals surface area contributed by atoms with E-state index in [2.05, 4.69) is 5.32 Å². The smallest absolute Gasteiger partial charge is 0.267 e. The van der Waals surface area contributed by atoms with Gasteiger partial charge in [-0.2, -0.15) is 0 Å². The monoisotopic (exact) mass is 464 g/mol. The molecular formula is C25H24N2O5S. The van der Waals surface area contributed by atoms with Gasteiger partial charge in [0, 0.05) is 12.1 Å². The molecule has 3 aromatic carbocycles. The number of carbonyl (C=O) groups excluding carboxylic acids is 2. The summed E-state index contributed by atoms with van der Waals surface area (Å²) in [5, 5.41) is 2.72. The van der Waals surface area contributed by atoms with Gasteiger partial charge >= 0.3 is 0 Å². The fourth-order valence-electron chi connectivity index (χ4n) is 3.63. The Kier molecular flexibility index (Phi) is 6.46. The number of hydrogen-bond acceptors (Lipinski definition) is 5. The zero-order valence-corrected chi connectivity index (χ0v) is 18.9. The van der Waals surface area contributed by atoms with Crippen LogP contribution in [0.1, 0.15) is 24.0 Å². The maximum absolute atomic E-state index is 13.1. The maximum Gasteiger partial charge on any atom is 0.267 e. The lowest BCUT2D eigenvalue weighted by molar-refractivity contribution is -0.128. The van der Waals surface area contributed by atoms with Gasteiger partial charge in [0.1, 0.15) is 18.4 Å². The molecule has 1 fully saturated rings. The van der Waals surface area contributed by atoms with Crippen LogP contribution >= 0.6 is 0 Å². The molecule has 4 rings (SSSR count). The summed E-state index contributed by atoms with van der Waals surface area (Å²) in [6.45, 7) is 2.26. The Bertz CT molecular complexity index is 1240. The molecule has 33 heavy (non-hydrogen) atoms. The van der Waals surface area contributed by atoms with Crippen molar-refractivity contribution < 1.29 is 22.7 Å². The fraction of sp³-hybridized carbons (Fsp3) is 0.200. The van der Waals surface area contributed by atoms with E-state index < -0.39 is 27.9 Å². The molecule has 2 amide bonds. The molecule has 0 aliphatic carbocycles. The highest BCUT2D eigenvalue weighted by molar-refractivity contribution is 7.89. The highest BCUT2D eigenvalue weighted by Gasteiger charge is 2.44. The van der Waals surface area contributed by atoms with E-state index in [0.29, 0.717) is 22.3 Å². The van der Waals surface area contributed by atoms with Crippen LogP contribution in [0.15, 0.2) is 83.8 Å². The first-order valence-electron chi connectivity index (χ1n) is 10.6. The van der Waals surface area contributed by atoms with E-state index in [-0.39, 0.29) is 17.7 Å². The molecule has 1 heterocycles. The first kappa shape index (κ1) is 22.5. The number of amides is 2. The number of aryl methyl sites for hydroxylation is 1. The minimum atomic E-state index is -4.13. The summed E-state index contributed by atoms with van der Waals surface area (Å²) in [4.78, 5) is 25.3. The van der Waals surface area contributed by atoms with Crippen molar-refractivity contribution in [3.05, 3.63) is 90.0 Å². The molecule has 1 aliphatic heterocycles. The minimum Gasteiger partial charge on any atom is -0.489 e. The molecule has 3 aromatic rings. The summed E-state index contributed by atoms with van der Waals surface area (Å²) >= 11 is 0. The van der Waals surface area contributed by atoms with E-state index in [4.69, 9.17) is 4.74 Å². The highest BCUT2D eigenvalue weighted by Crippen LogP contribution is 2.28. The second-order valence-corrected chi connectivity index (χ2v) is 9.66. The van der Waals surface area contributed by atoms with E-state index in [9.17, 15) is 18.0 Å². The Morgan fingerprint density at radius 3 is 2.33 bits per heavy atom. The largest absolute Gasteiger partial charge is 0.489 e. The quantitative estimate of drug-likeness (QED) is 0.573. The van der Waals surface area contributed by atoms with Gasteiger partial charge in [-0.15, -0.1) is 0 Å². The van der Waals surface area contributed by atoms with Gasteiger partial charge < -0.3 is 10.1 Å². The molecule has 0 bridgehead atoms. The van der Waals surface area contributed by atoms with Gasteiger partial charge in [-0.3, -0.25) is 9.59 Å². The zero-order chi connectivity index (χ0) is 23.4. The van der Waals surface area contributed by atoms with Crippen molar-refractivity contribution in [1.82, 2.24) is 4.31 Å². The van der Waals surface area contributed by atoms with Gasteiger partial charge in [0.15, 0.2) is 0 Å². The van der Waals surface area contributed by atoms with Gasteiger partial charge in [0.05, 0.1) is 4.90 Å². The van der Waals surface area contributed by atoms with Gasteiger partial charge in [-0.1, -0.05) is 48.0 Å². The summed E-state index contributed by atoms with van der Waals surface area (Å²) in [5.41, 5.74) is 2.42. The lowest BCUT2D eigenvalue weighted by Crippen LogP contribution is -2.45. The number of rotatable bonds is 7. The molecule has 0 saturated carbocycles. The van der Waals surface area contributed by atoms with Gasteiger partial charge in [-0.25, -0.2) is 12.7 Å². The summed E-state index contributed by atoms with van der Waals surface area (Å²) < 4.78 is 32.6. The van der Waals surface area contributed by atoms with E-state index in [1.807, 2.05) is 37.3 Å². The third-order valence-corrected chi connectivity index (χ3v) is 7.26. The average molecular weight is 465 g/mol.